The van der Waals surface area contributed by atoms with Crippen LogP contribution in [-0.4, -0.2) is 19.9 Å². The second kappa shape index (κ2) is 14.0. The van der Waals surface area contributed by atoms with E-state index in [1.165, 1.54) is 0 Å². The van der Waals surface area contributed by atoms with Gasteiger partial charge < -0.3 is 0 Å². The maximum absolute atomic E-state index is 5.33. The van der Waals surface area contributed by atoms with Gasteiger partial charge in [0.2, 0.25) is 0 Å². The van der Waals surface area contributed by atoms with E-state index in [-0.39, 0.29) is 0 Å². The van der Waals surface area contributed by atoms with E-state index in [4.69, 9.17) is 19.9 Å². The molecular formula is C54H34N4. The first-order chi connectivity index (χ1) is 28.7. The number of hydrogen-bond donors (Lipinski definition) is 0. The molecule has 0 spiro atoms. The quantitative estimate of drug-likeness (QED) is 0.159. The van der Waals surface area contributed by atoms with Crippen molar-refractivity contribution in [2.75, 3.05) is 0 Å². The average Bonchev–Trinajstić information content (AvgIpc) is 3.31. The number of nitrogens with zero attached hydrogens (tertiary/aromatic N) is 4. The number of rotatable bonds is 6. The van der Waals surface area contributed by atoms with E-state index in [2.05, 4.69) is 182 Å². The van der Waals surface area contributed by atoms with Gasteiger partial charge in [0.15, 0.2) is 0 Å². The van der Waals surface area contributed by atoms with Crippen LogP contribution < -0.4 is 0 Å². The van der Waals surface area contributed by atoms with Crippen molar-refractivity contribution in [3.05, 3.63) is 206 Å². The molecule has 0 fully saturated rings. The zero-order valence-electron chi connectivity index (χ0n) is 31.4. The SMILES string of the molecule is c1ccc(-c2ccc3ccc4ccc(-c5ccc(-c6ccc(-c7cc(-c8ccccc8)c8ccc9ccc(-c%10ccccc%10)nc9c8n7)cc6)cc5)nc4c3n2)cc1. The Balaban J connectivity index is 0.943. The van der Waals surface area contributed by atoms with Crippen LogP contribution in [0, 0.1) is 0 Å². The lowest BCUT2D eigenvalue weighted by Gasteiger charge is -2.13. The van der Waals surface area contributed by atoms with Crippen LogP contribution in [0.1, 0.15) is 0 Å². The first-order valence-electron chi connectivity index (χ1n) is 19.5. The fourth-order valence-corrected chi connectivity index (χ4v) is 8.01. The summed E-state index contributed by atoms with van der Waals surface area (Å²) in [6.45, 7) is 0. The molecule has 0 bridgehead atoms. The highest BCUT2D eigenvalue weighted by molar-refractivity contribution is 6.10. The molecule has 0 N–H and O–H groups in total. The predicted molar refractivity (Wildman–Crippen MR) is 240 cm³/mol. The molecule has 0 atom stereocenters. The topological polar surface area (TPSA) is 51.6 Å². The zero-order chi connectivity index (χ0) is 38.4. The Hall–Kier alpha value is -7.82. The third-order valence-corrected chi connectivity index (χ3v) is 11.1. The molecule has 0 aliphatic heterocycles. The lowest BCUT2D eigenvalue weighted by atomic mass is 9.96. The molecule has 270 valence electrons. The van der Waals surface area contributed by atoms with E-state index in [0.29, 0.717) is 0 Å². The Bertz CT molecular complexity index is 3290. The Morgan fingerprint density at radius 1 is 0.224 bits per heavy atom. The summed E-state index contributed by atoms with van der Waals surface area (Å²) in [5.74, 6) is 0. The van der Waals surface area contributed by atoms with Crippen LogP contribution in [0.2, 0.25) is 0 Å². The van der Waals surface area contributed by atoms with E-state index in [1.807, 2.05) is 24.3 Å². The van der Waals surface area contributed by atoms with Crippen molar-refractivity contribution in [1.82, 2.24) is 19.9 Å². The van der Waals surface area contributed by atoms with Gasteiger partial charge in [0.1, 0.15) is 0 Å². The summed E-state index contributed by atoms with van der Waals surface area (Å²) < 4.78 is 0. The van der Waals surface area contributed by atoms with Crippen LogP contribution in [0.3, 0.4) is 0 Å². The Morgan fingerprint density at radius 3 is 1.02 bits per heavy atom. The van der Waals surface area contributed by atoms with Crippen LogP contribution >= 0.6 is 0 Å². The van der Waals surface area contributed by atoms with Crippen molar-refractivity contribution in [3.63, 3.8) is 0 Å². The minimum absolute atomic E-state index is 0.897. The van der Waals surface area contributed by atoms with E-state index < -0.39 is 0 Å². The molecule has 4 aromatic heterocycles. The van der Waals surface area contributed by atoms with E-state index in [9.17, 15) is 0 Å². The molecule has 11 aromatic rings. The summed E-state index contributed by atoms with van der Waals surface area (Å²) in [6, 6.07) is 72.1. The van der Waals surface area contributed by atoms with Crippen molar-refractivity contribution in [2.24, 2.45) is 0 Å². The van der Waals surface area contributed by atoms with Crippen molar-refractivity contribution < 1.29 is 0 Å². The standard InChI is InChI=1S/C54H34N4/c1-4-10-37(11-5-1)46-34-50(58-54-45(46)30-26-44-29-32-48(57-53(44)54)39-14-8-3-9-15-39)41-22-18-36(19-23-41)35-16-20-40(21-17-35)49-33-28-43-25-24-42-27-31-47(38-12-6-2-7-13-38)55-51(42)52(43)56-49/h1-34H. The van der Waals surface area contributed by atoms with Gasteiger partial charge in [-0.15, -0.1) is 0 Å². The molecule has 7 aromatic carbocycles. The van der Waals surface area contributed by atoms with Crippen LogP contribution in [0.15, 0.2) is 206 Å². The number of aromatic nitrogens is 4. The Kier molecular flexibility index (Phi) is 8.11. The molecule has 11 rings (SSSR count). The third kappa shape index (κ3) is 6.05. The monoisotopic (exact) mass is 738 g/mol. The smallest absolute Gasteiger partial charge is 0.0978 e. The summed E-state index contributed by atoms with van der Waals surface area (Å²) in [4.78, 5) is 20.8. The molecule has 4 nitrogen and oxygen atoms in total. The van der Waals surface area contributed by atoms with Gasteiger partial charge in [-0.05, 0) is 46.5 Å². The van der Waals surface area contributed by atoms with Crippen molar-refractivity contribution in [2.45, 2.75) is 0 Å². The lowest BCUT2D eigenvalue weighted by molar-refractivity contribution is 1.36. The Labute approximate surface area is 335 Å². The maximum Gasteiger partial charge on any atom is 0.0978 e. The summed E-state index contributed by atoms with van der Waals surface area (Å²) in [6.07, 6.45) is 0. The van der Waals surface area contributed by atoms with Gasteiger partial charge >= 0.3 is 0 Å². The average molecular weight is 739 g/mol. The number of hydrogen-bond acceptors (Lipinski definition) is 4. The van der Waals surface area contributed by atoms with Crippen molar-refractivity contribution in [3.8, 4) is 67.3 Å². The molecule has 4 heterocycles. The predicted octanol–water partition coefficient (Wildman–Crippen LogP) is 13.9. The van der Waals surface area contributed by atoms with Gasteiger partial charge in [0, 0.05) is 43.8 Å². The first-order valence-corrected chi connectivity index (χ1v) is 19.5. The normalized spacial score (nSPS) is 11.4. The molecule has 0 amide bonds. The first kappa shape index (κ1) is 33.5. The van der Waals surface area contributed by atoms with Crippen molar-refractivity contribution >= 4 is 43.6 Å². The molecule has 0 saturated carbocycles. The fourth-order valence-electron chi connectivity index (χ4n) is 8.01. The molecular weight excluding hydrogens is 705 g/mol. The van der Waals surface area contributed by atoms with E-state index >= 15 is 0 Å². The molecule has 0 radical (unpaired) electrons. The summed E-state index contributed by atoms with van der Waals surface area (Å²) >= 11 is 0. The minimum Gasteiger partial charge on any atom is -0.245 e. The van der Waals surface area contributed by atoms with Crippen LogP contribution in [0.5, 0.6) is 0 Å². The Morgan fingerprint density at radius 2 is 0.552 bits per heavy atom. The molecule has 0 saturated heterocycles. The zero-order valence-corrected chi connectivity index (χ0v) is 31.4. The van der Waals surface area contributed by atoms with Crippen LogP contribution in [0.25, 0.3) is 111 Å². The van der Waals surface area contributed by atoms with Crippen LogP contribution in [-0.2, 0) is 0 Å². The molecule has 58 heavy (non-hydrogen) atoms. The highest BCUT2D eigenvalue weighted by Gasteiger charge is 2.15. The minimum atomic E-state index is 0.897. The number of benzene rings is 7. The van der Waals surface area contributed by atoms with Gasteiger partial charge in [-0.1, -0.05) is 182 Å². The lowest BCUT2D eigenvalue weighted by Crippen LogP contribution is -1.94. The second-order valence-corrected chi connectivity index (χ2v) is 14.6. The number of pyridine rings is 4. The van der Waals surface area contributed by atoms with Gasteiger partial charge in [0.05, 0.1) is 44.8 Å². The van der Waals surface area contributed by atoms with Gasteiger partial charge in [0.25, 0.3) is 0 Å². The van der Waals surface area contributed by atoms with Gasteiger partial charge in [-0.2, -0.15) is 0 Å². The van der Waals surface area contributed by atoms with Crippen LogP contribution in [0.4, 0.5) is 0 Å². The summed E-state index contributed by atoms with van der Waals surface area (Å²) in [5, 5.41) is 4.30. The van der Waals surface area contributed by atoms with Gasteiger partial charge in [-0.3, -0.25) is 0 Å². The summed E-state index contributed by atoms with van der Waals surface area (Å²) in [7, 11) is 0. The fraction of sp³-hybridized carbons (Fsp3) is 0. The largest absolute Gasteiger partial charge is 0.245 e. The molecule has 0 aliphatic carbocycles. The molecule has 0 aliphatic rings. The summed E-state index contributed by atoms with van der Waals surface area (Å²) in [5.41, 5.74) is 16.2. The van der Waals surface area contributed by atoms with E-state index in [0.717, 1.165) is 111 Å². The van der Waals surface area contributed by atoms with Crippen molar-refractivity contribution in [1.29, 1.82) is 0 Å². The highest BCUT2D eigenvalue weighted by atomic mass is 14.8. The maximum atomic E-state index is 5.33. The molecule has 4 heteroatoms. The third-order valence-electron chi connectivity index (χ3n) is 11.1. The van der Waals surface area contributed by atoms with E-state index in [1.54, 1.807) is 0 Å². The number of fused-ring (bicyclic) bond motifs is 6. The second-order valence-electron chi connectivity index (χ2n) is 14.6. The van der Waals surface area contributed by atoms with Gasteiger partial charge in [-0.25, -0.2) is 19.9 Å². The molecule has 0 unspecified atom stereocenters. The highest BCUT2D eigenvalue weighted by Crippen LogP contribution is 2.37.